The van der Waals surface area contributed by atoms with E-state index < -0.39 is 5.82 Å². The van der Waals surface area contributed by atoms with Gasteiger partial charge in [0.15, 0.2) is 11.7 Å². The van der Waals surface area contributed by atoms with Crippen LogP contribution in [-0.4, -0.2) is 15.9 Å². The molecule has 1 N–H and O–H groups in total. The van der Waals surface area contributed by atoms with Gasteiger partial charge in [0.2, 0.25) is 11.8 Å². The number of amides is 1. The van der Waals surface area contributed by atoms with Crippen molar-refractivity contribution < 1.29 is 22.7 Å². The van der Waals surface area contributed by atoms with Crippen LogP contribution in [0.25, 0.3) is 11.3 Å². The standard InChI is InChI=1S/C24H19F2N3O3/c25-17-5-7-18(8-6-17)31-24-13-16(11-12-27-24)14-28-22(30)9-10-23-29-15-21(32-23)19-3-1-2-4-20(19)26/h1-8,11-13,15H,9-10,14H2,(H,28,30). The Morgan fingerprint density at radius 1 is 1.03 bits per heavy atom. The van der Waals surface area contributed by atoms with Gasteiger partial charge in [0.25, 0.3) is 0 Å². The Hall–Kier alpha value is -4.07. The lowest BCUT2D eigenvalue weighted by molar-refractivity contribution is -0.121. The number of pyridine rings is 1. The van der Waals surface area contributed by atoms with Crippen LogP contribution < -0.4 is 10.1 Å². The molecule has 0 radical (unpaired) electrons. The number of hydrogen-bond donors (Lipinski definition) is 1. The first kappa shape index (κ1) is 21.2. The number of halogens is 2. The van der Waals surface area contributed by atoms with Gasteiger partial charge in [-0.15, -0.1) is 0 Å². The molecule has 0 saturated heterocycles. The van der Waals surface area contributed by atoms with Crippen LogP contribution >= 0.6 is 0 Å². The van der Waals surface area contributed by atoms with Gasteiger partial charge in [-0.1, -0.05) is 12.1 Å². The topological polar surface area (TPSA) is 77.3 Å². The molecule has 0 atom stereocenters. The molecule has 4 aromatic rings. The first-order valence-electron chi connectivity index (χ1n) is 9.91. The molecular weight excluding hydrogens is 416 g/mol. The van der Waals surface area contributed by atoms with E-state index in [1.165, 1.54) is 36.5 Å². The molecule has 2 aromatic carbocycles. The number of ether oxygens (including phenoxy) is 1. The van der Waals surface area contributed by atoms with Gasteiger partial charge in [0.1, 0.15) is 17.4 Å². The van der Waals surface area contributed by atoms with Crippen molar-refractivity contribution in [3.63, 3.8) is 0 Å². The lowest BCUT2D eigenvalue weighted by atomic mass is 10.2. The van der Waals surface area contributed by atoms with Gasteiger partial charge >= 0.3 is 0 Å². The predicted octanol–water partition coefficient (Wildman–Crippen LogP) is 5.06. The van der Waals surface area contributed by atoms with Crippen LogP contribution in [0, 0.1) is 11.6 Å². The summed E-state index contributed by atoms with van der Waals surface area (Å²) in [7, 11) is 0. The van der Waals surface area contributed by atoms with Gasteiger partial charge < -0.3 is 14.5 Å². The van der Waals surface area contributed by atoms with Gasteiger partial charge in [-0.25, -0.2) is 18.7 Å². The summed E-state index contributed by atoms with van der Waals surface area (Å²) in [6.07, 6.45) is 3.47. The highest BCUT2D eigenvalue weighted by molar-refractivity contribution is 5.76. The minimum atomic E-state index is -0.395. The molecule has 4 rings (SSSR count). The van der Waals surface area contributed by atoms with Gasteiger partial charge in [0, 0.05) is 31.6 Å². The van der Waals surface area contributed by atoms with Crippen LogP contribution in [-0.2, 0) is 17.8 Å². The Morgan fingerprint density at radius 3 is 2.66 bits per heavy atom. The number of rotatable bonds is 8. The lowest BCUT2D eigenvalue weighted by Gasteiger charge is -2.08. The van der Waals surface area contributed by atoms with Gasteiger partial charge in [-0.2, -0.15) is 0 Å². The van der Waals surface area contributed by atoms with E-state index in [0.29, 0.717) is 28.8 Å². The Kier molecular flexibility index (Phi) is 6.50. The molecule has 8 heteroatoms. The minimum absolute atomic E-state index is 0.168. The van der Waals surface area contributed by atoms with Crippen LogP contribution in [0.2, 0.25) is 0 Å². The molecule has 2 heterocycles. The van der Waals surface area contributed by atoms with Gasteiger partial charge in [-0.3, -0.25) is 4.79 Å². The second-order valence-corrected chi connectivity index (χ2v) is 6.93. The highest BCUT2D eigenvalue weighted by Gasteiger charge is 2.12. The number of benzene rings is 2. The van der Waals surface area contributed by atoms with E-state index in [9.17, 15) is 13.6 Å². The van der Waals surface area contributed by atoms with Crippen LogP contribution in [0.5, 0.6) is 11.6 Å². The quantitative estimate of drug-likeness (QED) is 0.419. The SMILES string of the molecule is O=C(CCc1ncc(-c2ccccc2F)o1)NCc1ccnc(Oc2ccc(F)cc2)c1. The Bertz CT molecular complexity index is 1210. The summed E-state index contributed by atoms with van der Waals surface area (Å²) in [5.74, 6) is 0.544. The minimum Gasteiger partial charge on any atom is -0.441 e. The smallest absolute Gasteiger partial charge is 0.220 e. The molecule has 0 aliphatic carbocycles. The second kappa shape index (κ2) is 9.82. The van der Waals surface area contributed by atoms with Crippen molar-refractivity contribution in [2.75, 3.05) is 0 Å². The van der Waals surface area contributed by atoms with E-state index in [-0.39, 0.29) is 31.1 Å². The van der Waals surface area contributed by atoms with E-state index >= 15 is 0 Å². The molecule has 0 fully saturated rings. The molecule has 0 bridgehead atoms. The maximum absolute atomic E-state index is 13.8. The monoisotopic (exact) mass is 435 g/mol. The molecule has 162 valence electrons. The third-order valence-electron chi connectivity index (χ3n) is 4.58. The molecular formula is C24H19F2N3O3. The van der Waals surface area contributed by atoms with Crippen molar-refractivity contribution in [3.05, 3.63) is 96.1 Å². The van der Waals surface area contributed by atoms with Crippen LogP contribution in [0.15, 0.2) is 77.5 Å². The number of aromatic nitrogens is 2. The first-order chi connectivity index (χ1) is 15.6. The van der Waals surface area contributed by atoms with Crippen molar-refractivity contribution in [3.8, 4) is 23.0 Å². The summed E-state index contributed by atoms with van der Waals surface area (Å²) in [5.41, 5.74) is 1.12. The summed E-state index contributed by atoms with van der Waals surface area (Å²) < 4.78 is 38.0. The van der Waals surface area contributed by atoms with Crippen molar-refractivity contribution in [2.24, 2.45) is 0 Å². The number of carbonyl (C=O) groups excluding carboxylic acids is 1. The van der Waals surface area contributed by atoms with Crippen LogP contribution in [0.4, 0.5) is 8.78 Å². The Balaban J connectivity index is 1.27. The predicted molar refractivity (Wildman–Crippen MR) is 113 cm³/mol. The van der Waals surface area contributed by atoms with Crippen molar-refractivity contribution in [2.45, 2.75) is 19.4 Å². The zero-order valence-electron chi connectivity index (χ0n) is 16.9. The fourth-order valence-corrected chi connectivity index (χ4v) is 2.96. The average Bonchev–Trinajstić information content (AvgIpc) is 3.27. The Labute approximate surface area is 182 Å². The van der Waals surface area contributed by atoms with Crippen molar-refractivity contribution >= 4 is 5.91 Å². The normalized spacial score (nSPS) is 10.7. The van der Waals surface area contributed by atoms with E-state index in [0.717, 1.165) is 5.56 Å². The summed E-state index contributed by atoms with van der Waals surface area (Å²) in [6, 6.07) is 15.3. The molecule has 6 nitrogen and oxygen atoms in total. The van der Waals surface area contributed by atoms with Gasteiger partial charge in [0.05, 0.1) is 11.8 Å². The number of oxazole rings is 1. The summed E-state index contributed by atoms with van der Waals surface area (Å²) in [5, 5.41) is 2.81. The molecule has 0 spiro atoms. The summed E-state index contributed by atoms with van der Waals surface area (Å²) in [4.78, 5) is 20.4. The number of carbonyl (C=O) groups is 1. The molecule has 0 saturated carbocycles. The largest absolute Gasteiger partial charge is 0.441 e. The van der Waals surface area contributed by atoms with Crippen molar-refractivity contribution in [1.82, 2.24) is 15.3 Å². The van der Waals surface area contributed by atoms with Gasteiger partial charge in [-0.05, 0) is 48.0 Å². The number of hydrogen-bond acceptors (Lipinski definition) is 5. The van der Waals surface area contributed by atoms with Crippen LogP contribution in [0.3, 0.4) is 0 Å². The molecule has 2 aromatic heterocycles. The maximum atomic E-state index is 13.8. The summed E-state index contributed by atoms with van der Waals surface area (Å²) in [6.45, 7) is 0.285. The van der Waals surface area contributed by atoms with E-state index in [1.807, 2.05) is 0 Å². The fraction of sp³-hybridized carbons (Fsp3) is 0.125. The third kappa shape index (κ3) is 5.54. The second-order valence-electron chi connectivity index (χ2n) is 6.93. The third-order valence-corrected chi connectivity index (χ3v) is 4.58. The fourth-order valence-electron chi connectivity index (χ4n) is 2.96. The zero-order valence-corrected chi connectivity index (χ0v) is 16.9. The number of nitrogens with zero attached hydrogens (tertiary/aromatic N) is 2. The van der Waals surface area contributed by atoms with E-state index in [4.69, 9.17) is 9.15 Å². The van der Waals surface area contributed by atoms with E-state index in [1.54, 1.807) is 36.5 Å². The maximum Gasteiger partial charge on any atom is 0.220 e. The highest BCUT2D eigenvalue weighted by Crippen LogP contribution is 2.24. The number of nitrogens with one attached hydrogen (secondary N) is 1. The molecule has 1 amide bonds. The lowest BCUT2D eigenvalue weighted by Crippen LogP contribution is -2.23. The first-order valence-corrected chi connectivity index (χ1v) is 9.91. The number of aryl methyl sites for hydroxylation is 1. The average molecular weight is 435 g/mol. The molecule has 0 aliphatic heterocycles. The zero-order chi connectivity index (χ0) is 22.3. The molecule has 0 aliphatic rings. The Morgan fingerprint density at radius 2 is 1.84 bits per heavy atom. The van der Waals surface area contributed by atoms with Crippen LogP contribution in [0.1, 0.15) is 17.9 Å². The molecule has 0 unspecified atom stereocenters. The van der Waals surface area contributed by atoms with Crippen molar-refractivity contribution in [1.29, 1.82) is 0 Å². The summed E-state index contributed by atoms with van der Waals surface area (Å²) >= 11 is 0. The highest BCUT2D eigenvalue weighted by atomic mass is 19.1. The van der Waals surface area contributed by atoms with E-state index in [2.05, 4.69) is 15.3 Å². The molecule has 32 heavy (non-hydrogen) atoms.